The Morgan fingerprint density at radius 3 is 1.08 bits per heavy atom. The molecule has 1 aliphatic rings. The second kappa shape index (κ2) is 65.5. The highest BCUT2D eigenvalue weighted by atomic mass is 16.6. The summed E-state index contributed by atoms with van der Waals surface area (Å²) in [7, 11) is 0. The van der Waals surface area contributed by atoms with Crippen LogP contribution in [-0.2, 0) is 82.7 Å². The molecule has 1 saturated carbocycles. The fourth-order valence-corrected chi connectivity index (χ4v) is 11.1. The summed E-state index contributed by atoms with van der Waals surface area (Å²) in [4.78, 5) is 93.0. The molecule has 0 radical (unpaired) electrons. The largest absolute Gasteiger partial charge is 0.465 e. The number of rotatable bonds is 39. The predicted molar refractivity (Wildman–Crippen MR) is 474 cm³/mol. The summed E-state index contributed by atoms with van der Waals surface area (Å²) in [5.41, 5.74) is -0.150. The highest BCUT2D eigenvalue weighted by Gasteiger charge is 2.33. The molecule has 0 heterocycles. The monoisotopic (exact) mass is 1640 g/mol. The molecule has 0 unspecified atom stereocenters. The summed E-state index contributed by atoms with van der Waals surface area (Å²) in [6, 6.07) is 10.5. The average Bonchev–Trinajstić information content (AvgIpc) is 1.03. The van der Waals surface area contributed by atoms with Crippen molar-refractivity contribution in [3.63, 3.8) is 0 Å². The summed E-state index contributed by atoms with van der Waals surface area (Å²) in [5.74, 6) is -0.761. The number of nitrogens with one attached hydrogen (secondary N) is 8. The van der Waals surface area contributed by atoms with Crippen LogP contribution in [0.25, 0.3) is 0 Å². The topological polar surface area (TPSA) is 307 Å². The third-order valence-electron chi connectivity index (χ3n) is 15.4. The van der Waals surface area contributed by atoms with Gasteiger partial charge in [0.1, 0.15) is 59.5 Å². The van der Waals surface area contributed by atoms with E-state index in [1.807, 2.05) is 273 Å². The van der Waals surface area contributed by atoms with Crippen LogP contribution in [0.5, 0.6) is 0 Å². The maximum absolute atomic E-state index is 12.0. The van der Waals surface area contributed by atoms with Crippen LogP contribution in [0.1, 0.15) is 354 Å². The molecule has 0 aliphatic heterocycles. The first-order chi connectivity index (χ1) is 52.6. The third kappa shape index (κ3) is 73.5. The second-order valence-electron chi connectivity index (χ2n) is 36.4. The van der Waals surface area contributed by atoms with E-state index in [0.717, 1.165) is 56.9 Å². The van der Waals surface area contributed by atoms with Crippen LogP contribution in [-0.4, -0.2) is 192 Å². The molecular weight excluding hydrogens is 1460 g/mol. The summed E-state index contributed by atoms with van der Waals surface area (Å²) in [6.45, 7) is 80.7. The van der Waals surface area contributed by atoms with Gasteiger partial charge in [0.2, 0.25) is 0 Å². The van der Waals surface area contributed by atoms with Gasteiger partial charge in [0.15, 0.2) is 0 Å². The standard InChI is InChI=1S/C15H23NO2.C12H23NO2.2C12H25NO2.C11H23NO2.2C10H21NO2.C9H19NO2/c1-11(2)16-14(15(17)18-12(3)4)10-13-8-6-5-7-9-13;1-9(13-12(2,3)4)11(14)15-10-7-5-6-8-10;1-8(2)7-11(13-9(3)4)12(14)15-10(5)6;1-7-8-10(13-12(4,5)6)11(14)15-9(2)3;1-6-10(7-2)14-11(13)9(5)12-8(3)4;1-7(2)11-10(5,6)9(12)13-8(3)4;1-6-9(11-7(2)3)10(12)13-8(4)5;1-6-12-8(11)9(4,5)10-7(2)3/h5-9,11-12,14,16H,10H2,1-4H3;9-10,13H,5-8H2,1-4H3;8-11,13H,7H2,1-6H3;9-10,13H,7-8H2,1-6H3;8-10,12H,6-7H2,1-5H3;7-8,11H,1-6H3;7-9,11H,6H2,1-5H3;7,10H,6H2,1-5H3/t14-;9-;11-;10-;9-;;9-;/m00000.0./s1. The van der Waals surface area contributed by atoms with Gasteiger partial charge >= 0.3 is 47.8 Å². The van der Waals surface area contributed by atoms with Crippen LogP contribution in [0.15, 0.2) is 30.3 Å². The average molecular weight is 1640 g/mol. The predicted octanol–water partition coefficient (Wildman–Crippen LogP) is 16.5. The van der Waals surface area contributed by atoms with Gasteiger partial charge in [-0.1, -0.05) is 134 Å². The first-order valence-electron chi connectivity index (χ1n) is 43.4. The second-order valence-corrected chi connectivity index (χ2v) is 36.4. The molecule has 1 aromatic carbocycles. The number of ether oxygens (including phenoxy) is 8. The Kier molecular flexibility index (Phi) is 68.6. The van der Waals surface area contributed by atoms with Gasteiger partial charge in [-0.15, -0.1) is 0 Å². The van der Waals surface area contributed by atoms with Crippen molar-refractivity contribution < 1.29 is 76.3 Å². The van der Waals surface area contributed by atoms with E-state index in [9.17, 15) is 38.4 Å². The summed E-state index contributed by atoms with van der Waals surface area (Å²) < 4.78 is 41.6. The van der Waals surface area contributed by atoms with Crippen LogP contribution in [0.2, 0.25) is 0 Å². The normalized spacial score (nSPS) is 14.0. The van der Waals surface area contributed by atoms with Gasteiger partial charge in [-0.25, -0.2) is 0 Å². The molecule has 1 fully saturated rings. The maximum atomic E-state index is 12.0. The Bertz CT molecular complexity index is 2630. The number of benzene rings is 1. The van der Waals surface area contributed by atoms with Gasteiger partial charge in [0.25, 0.3) is 0 Å². The van der Waals surface area contributed by atoms with E-state index in [1.54, 1.807) is 0 Å². The van der Waals surface area contributed by atoms with E-state index in [1.165, 1.54) is 12.8 Å². The molecule has 0 saturated heterocycles. The van der Waals surface area contributed by atoms with Crippen molar-refractivity contribution in [1.82, 2.24) is 42.5 Å². The Morgan fingerprint density at radius 2 is 0.739 bits per heavy atom. The van der Waals surface area contributed by atoms with E-state index in [-0.39, 0.29) is 156 Å². The summed E-state index contributed by atoms with van der Waals surface area (Å²) >= 11 is 0. The molecule has 1 aromatic rings. The minimum Gasteiger partial charge on any atom is -0.465 e. The Hall–Kier alpha value is -5.34. The number of carbonyl (C=O) groups is 8. The van der Waals surface area contributed by atoms with Crippen molar-refractivity contribution in [1.29, 1.82) is 0 Å². The van der Waals surface area contributed by atoms with Crippen LogP contribution in [0.4, 0.5) is 0 Å². The molecule has 0 bridgehead atoms. The molecule has 1 aliphatic carbocycles. The van der Waals surface area contributed by atoms with Crippen LogP contribution in [0, 0.1) is 5.92 Å². The molecule has 24 heteroatoms. The van der Waals surface area contributed by atoms with E-state index >= 15 is 0 Å². The lowest BCUT2D eigenvalue weighted by Crippen LogP contribution is -2.51. The molecular formula is C91H180N8O16. The molecule has 8 N–H and O–H groups in total. The van der Waals surface area contributed by atoms with Gasteiger partial charge in [-0.3, -0.25) is 49.0 Å². The molecule has 6 atom stereocenters. The van der Waals surface area contributed by atoms with Crippen LogP contribution < -0.4 is 42.5 Å². The lowest BCUT2D eigenvalue weighted by atomic mass is 10.0. The Labute approximate surface area is 703 Å². The minimum atomic E-state index is -0.599. The molecule has 0 spiro atoms. The van der Waals surface area contributed by atoms with Crippen molar-refractivity contribution >= 4 is 47.8 Å². The van der Waals surface area contributed by atoms with Gasteiger partial charge in [0.05, 0.1) is 37.1 Å². The van der Waals surface area contributed by atoms with Gasteiger partial charge < -0.3 is 69.8 Å². The highest BCUT2D eigenvalue weighted by Crippen LogP contribution is 2.22. The van der Waals surface area contributed by atoms with Crippen molar-refractivity contribution in [3.05, 3.63) is 35.9 Å². The smallest absolute Gasteiger partial charge is 0.326 e. The molecule has 115 heavy (non-hydrogen) atoms. The first-order valence-corrected chi connectivity index (χ1v) is 43.4. The number of hydrogen-bond acceptors (Lipinski definition) is 24. The fourth-order valence-electron chi connectivity index (χ4n) is 11.1. The molecule has 24 nitrogen and oxygen atoms in total. The van der Waals surface area contributed by atoms with Crippen LogP contribution in [0.3, 0.4) is 0 Å². The number of hydrogen-bond donors (Lipinski definition) is 8. The molecule has 0 aromatic heterocycles. The Balaban J connectivity index is -0.000000296. The lowest BCUT2D eigenvalue weighted by Gasteiger charge is -2.27. The van der Waals surface area contributed by atoms with Gasteiger partial charge in [-0.2, -0.15) is 0 Å². The summed E-state index contributed by atoms with van der Waals surface area (Å²) in [5, 5.41) is 25.6. The van der Waals surface area contributed by atoms with Crippen LogP contribution >= 0.6 is 0 Å². The van der Waals surface area contributed by atoms with E-state index in [0.29, 0.717) is 37.1 Å². The van der Waals surface area contributed by atoms with Gasteiger partial charge in [-0.05, 0) is 263 Å². The van der Waals surface area contributed by atoms with Crippen molar-refractivity contribution in [2.75, 3.05) is 6.61 Å². The van der Waals surface area contributed by atoms with Crippen molar-refractivity contribution in [2.45, 2.75) is 492 Å². The number of esters is 8. The van der Waals surface area contributed by atoms with Crippen molar-refractivity contribution in [2.24, 2.45) is 5.92 Å². The zero-order valence-corrected chi connectivity index (χ0v) is 81.0. The highest BCUT2D eigenvalue weighted by molar-refractivity contribution is 5.81. The van der Waals surface area contributed by atoms with Crippen molar-refractivity contribution in [3.8, 4) is 0 Å². The van der Waals surface area contributed by atoms with E-state index in [4.69, 9.17) is 37.9 Å². The zero-order chi connectivity index (χ0) is 91.1. The summed E-state index contributed by atoms with van der Waals surface area (Å²) in [6.07, 6.45) is 10.3. The zero-order valence-electron chi connectivity index (χ0n) is 81.0. The molecule has 0 amide bonds. The third-order valence-corrected chi connectivity index (χ3v) is 15.4. The van der Waals surface area contributed by atoms with E-state index in [2.05, 4.69) is 84.1 Å². The van der Waals surface area contributed by atoms with Gasteiger partial charge in [0, 0.05) is 47.3 Å². The lowest BCUT2D eigenvalue weighted by molar-refractivity contribution is -0.155. The van der Waals surface area contributed by atoms with E-state index < -0.39 is 11.1 Å². The molecule has 2 rings (SSSR count). The minimum absolute atomic E-state index is 0.0319. The molecule has 680 valence electrons. The fraction of sp³-hybridized carbons (Fsp3) is 0.846. The number of carbonyl (C=O) groups excluding carboxylic acids is 8. The Morgan fingerprint density at radius 1 is 0.374 bits per heavy atom. The first kappa shape index (κ1) is 120. The SMILES string of the molecule is CC(C)C[C@H](NC(C)C)C(=O)OC(C)C.CC(C)NC(C)(C)C(=O)OC(C)C.CC(C)N[C@@H](Cc1ccccc1)C(=O)OC(C)C.CCC(CC)OC(=O)[C@H](C)NC(C)C.CCC[C@H](NC(C)(C)C)C(=O)OC(C)C.CCOC(=O)C(C)(C)NC(C)C.CC[C@H](NC(C)C)C(=O)OC(C)C.C[C@H](NC(C)(C)C)C(=O)OC1CCCC1. The quantitative estimate of drug-likeness (QED) is 0.0224. The maximum Gasteiger partial charge on any atom is 0.326 e.